The third-order valence-corrected chi connectivity index (χ3v) is 3.47. The Balaban J connectivity index is 2.15. The Hall–Kier alpha value is -2.93. The molecule has 0 aromatic heterocycles. The molecule has 1 aliphatic rings. The molecule has 0 bridgehead atoms. The SMILES string of the molecule is O=C1C(O)c2c(O)cc(O)cc2OC1c1c(O)cccc1O. The van der Waals surface area contributed by atoms with Crippen LogP contribution in [0.1, 0.15) is 23.3 Å². The first-order valence-electron chi connectivity index (χ1n) is 6.35. The molecule has 0 amide bonds. The van der Waals surface area contributed by atoms with Crippen molar-refractivity contribution in [3.8, 4) is 28.7 Å². The zero-order valence-electron chi connectivity index (χ0n) is 11.1. The number of ether oxygens (including phenoxy) is 1. The molecular formula is C15H12O7. The van der Waals surface area contributed by atoms with E-state index >= 15 is 0 Å². The molecule has 0 aliphatic carbocycles. The molecule has 22 heavy (non-hydrogen) atoms. The maximum atomic E-state index is 12.3. The van der Waals surface area contributed by atoms with Crippen molar-refractivity contribution in [1.82, 2.24) is 0 Å². The van der Waals surface area contributed by atoms with Gasteiger partial charge in [-0.25, -0.2) is 0 Å². The zero-order chi connectivity index (χ0) is 16.0. The van der Waals surface area contributed by atoms with Crippen molar-refractivity contribution in [2.75, 3.05) is 0 Å². The van der Waals surface area contributed by atoms with E-state index in [1.807, 2.05) is 0 Å². The van der Waals surface area contributed by atoms with Crippen LogP contribution in [-0.4, -0.2) is 31.3 Å². The van der Waals surface area contributed by atoms with Crippen molar-refractivity contribution in [2.45, 2.75) is 12.2 Å². The molecular weight excluding hydrogens is 292 g/mol. The number of fused-ring (bicyclic) bond motifs is 1. The number of hydrogen-bond donors (Lipinski definition) is 5. The van der Waals surface area contributed by atoms with Crippen molar-refractivity contribution in [3.63, 3.8) is 0 Å². The number of benzene rings is 2. The number of carbonyl (C=O) groups is 1. The van der Waals surface area contributed by atoms with Gasteiger partial charge in [-0.05, 0) is 12.1 Å². The minimum atomic E-state index is -1.71. The second kappa shape index (κ2) is 4.81. The number of aromatic hydroxyl groups is 4. The van der Waals surface area contributed by atoms with Gasteiger partial charge in [0.2, 0.25) is 5.78 Å². The fraction of sp³-hybridized carbons (Fsp3) is 0.133. The molecule has 114 valence electrons. The van der Waals surface area contributed by atoms with Crippen molar-refractivity contribution in [2.24, 2.45) is 0 Å². The number of hydrogen-bond acceptors (Lipinski definition) is 7. The lowest BCUT2D eigenvalue weighted by atomic mass is 9.92. The Morgan fingerprint density at radius 3 is 2.18 bits per heavy atom. The summed E-state index contributed by atoms with van der Waals surface area (Å²) < 4.78 is 5.37. The molecule has 5 N–H and O–H groups in total. The van der Waals surface area contributed by atoms with E-state index in [0.29, 0.717) is 0 Å². The van der Waals surface area contributed by atoms with Crippen LogP contribution in [0.2, 0.25) is 0 Å². The molecule has 1 aliphatic heterocycles. The van der Waals surface area contributed by atoms with Crippen LogP contribution in [0.3, 0.4) is 0 Å². The molecule has 0 saturated heterocycles. The zero-order valence-corrected chi connectivity index (χ0v) is 11.1. The monoisotopic (exact) mass is 304 g/mol. The van der Waals surface area contributed by atoms with Crippen molar-refractivity contribution < 1.29 is 35.1 Å². The third-order valence-electron chi connectivity index (χ3n) is 3.47. The highest BCUT2D eigenvalue weighted by atomic mass is 16.5. The number of carbonyl (C=O) groups excluding carboxylic acids is 1. The fourth-order valence-electron chi connectivity index (χ4n) is 2.45. The number of aliphatic hydroxyl groups is 1. The van der Waals surface area contributed by atoms with Crippen LogP contribution < -0.4 is 4.74 Å². The first-order valence-corrected chi connectivity index (χ1v) is 6.35. The Kier molecular flexibility index (Phi) is 3.07. The first-order chi connectivity index (χ1) is 10.4. The summed E-state index contributed by atoms with van der Waals surface area (Å²) in [7, 11) is 0. The van der Waals surface area contributed by atoms with E-state index in [4.69, 9.17) is 4.74 Å². The second-order valence-corrected chi connectivity index (χ2v) is 4.89. The van der Waals surface area contributed by atoms with Gasteiger partial charge in [-0.2, -0.15) is 0 Å². The Labute approximate surface area is 124 Å². The molecule has 0 radical (unpaired) electrons. The van der Waals surface area contributed by atoms with Gasteiger partial charge in [0.25, 0.3) is 0 Å². The van der Waals surface area contributed by atoms with Gasteiger partial charge in [-0.15, -0.1) is 0 Å². The lowest BCUT2D eigenvalue weighted by molar-refractivity contribution is -0.137. The Morgan fingerprint density at radius 2 is 1.55 bits per heavy atom. The van der Waals surface area contributed by atoms with Crippen LogP contribution in [0.4, 0.5) is 0 Å². The molecule has 2 aromatic rings. The minimum absolute atomic E-state index is 0.114. The number of phenolic OH excluding ortho intramolecular Hbond substituents is 4. The third kappa shape index (κ3) is 1.99. The lowest BCUT2D eigenvalue weighted by Gasteiger charge is -2.29. The lowest BCUT2D eigenvalue weighted by Crippen LogP contribution is -2.30. The maximum Gasteiger partial charge on any atom is 0.211 e. The van der Waals surface area contributed by atoms with Gasteiger partial charge < -0.3 is 30.3 Å². The highest BCUT2D eigenvalue weighted by Crippen LogP contribution is 2.47. The minimum Gasteiger partial charge on any atom is -0.508 e. The summed E-state index contributed by atoms with van der Waals surface area (Å²) in [6, 6.07) is 5.98. The molecule has 2 atom stereocenters. The van der Waals surface area contributed by atoms with Crippen LogP contribution in [0.15, 0.2) is 30.3 Å². The Morgan fingerprint density at radius 1 is 0.909 bits per heavy atom. The van der Waals surface area contributed by atoms with E-state index in [0.717, 1.165) is 12.1 Å². The summed E-state index contributed by atoms with van der Waals surface area (Å²) in [6.07, 6.45) is -3.18. The summed E-state index contributed by atoms with van der Waals surface area (Å²) in [5.74, 6) is -2.53. The van der Waals surface area contributed by atoms with E-state index in [9.17, 15) is 30.3 Å². The Bertz CT molecular complexity index is 748. The molecule has 0 fully saturated rings. The van der Waals surface area contributed by atoms with Crippen LogP contribution >= 0.6 is 0 Å². The summed E-state index contributed by atoms with van der Waals surface area (Å²) in [5, 5.41) is 49.0. The quantitative estimate of drug-likeness (QED) is 0.536. The van der Waals surface area contributed by atoms with E-state index < -0.39 is 23.7 Å². The molecule has 3 rings (SSSR count). The molecule has 7 nitrogen and oxygen atoms in total. The molecule has 0 saturated carbocycles. The average Bonchev–Trinajstić information content (AvgIpc) is 2.43. The summed E-state index contributed by atoms with van der Waals surface area (Å²) in [4.78, 5) is 12.3. The van der Waals surface area contributed by atoms with Crippen LogP contribution in [-0.2, 0) is 4.79 Å². The van der Waals surface area contributed by atoms with Gasteiger partial charge in [-0.3, -0.25) is 4.79 Å². The standard InChI is InChI=1S/C15H12O7/c16-6-4-9(19)12-10(5-6)22-15(14(21)13(12)20)11-7(17)2-1-3-8(11)18/h1-5,13,15-20H. The van der Waals surface area contributed by atoms with Crippen LogP contribution in [0.25, 0.3) is 0 Å². The largest absolute Gasteiger partial charge is 0.508 e. The maximum absolute atomic E-state index is 12.3. The number of rotatable bonds is 1. The summed E-state index contributed by atoms with van der Waals surface area (Å²) >= 11 is 0. The first kappa shape index (κ1) is 14.0. The molecule has 2 aromatic carbocycles. The summed E-state index contributed by atoms with van der Waals surface area (Å²) in [5.41, 5.74) is -0.367. The average molecular weight is 304 g/mol. The summed E-state index contributed by atoms with van der Waals surface area (Å²) in [6.45, 7) is 0. The van der Waals surface area contributed by atoms with Crippen LogP contribution in [0, 0.1) is 0 Å². The van der Waals surface area contributed by atoms with Crippen molar-refractivity contribution in [3.05, 3.63) is 41.5 Å². The second-order valence-electron chi connectivity index (χ2n) is 4.89. The highest BCUT2D eigenvalue weighted by Gasteiger charge is 2.41. The van der Waals surface area contributed by atoms with E-state index in [2.05, 4.69) is 0 Å². The van der Waals surface area contributed by atoms with Gasteiger partial charge in [0.1, 0.15) is 34.9 Å². The number of Topliss-reactive ketones (excluding diaryl/α,β-unsaturated/α-hetero) is 1. The number of phenols is 4. The van der Waals surface area contributed by atoms with Gasteiger partial charge in [0, 0.05) is 12.1 Å². The van der Waals surface area contributed by atoms with E-state index in [1.54, 1.807) is 0 Å². The number of aliphatic hydroxyl groups excluding tert-OH is 1. The van der Waals surface area contributed by atoms with Gasteiger partial charge in [0.05, 0.1) is 11.1 Å². The fourth-order valence-corrected chi connectivity index (χ4v) is 2.45. The van der Waals surface area contributed by atoms with Crippen LogP contribution in [0.5, 0.6) is 28.7 Å². The van der Waals surface area contributed by atoms with E-state index in [-0.39, 0.29) is 34.1 Å². The molecule has 1 heterocycles. The van der Waals surface area contributed by atoms with E-state index in [1.165, 1.54) is 18.2 Å². The molecule has 2 unspecified atom stereocenters. The highest BCUT2D eigenvalue weighted by molar-refractivity contribution is 5.93. The van der Waals surface area contributed by atoms with Crippen molar-refractivity contribution >= 4 is 5.78 Å². The molecule has 0 spiro atoms. The predicted octanol–water partition coefficient (Wildman–Crippen LogP) is 1.25. The molecule has 7 heteroatoms. The van der Waals surface area contributed by atoms with Gasteiger partial charge >= 0.3 is 0 Å². The van der Waals surface area contributed by atoms with Gasteiger partial charge in [-0.1, -0.05) is 6.07 Å². The van der Waals surface area contributed by atoms with Crippen molar-refractivity contribution in [1.29, 1.82) is 0 Å². The number of ketones is 1. The normalized spacial score (nSPS) is 20.3. The topological polar surface area (TPSA) is 127 Å². The predicted molar refractivity (Wildman–Crippen MR) is 72.9 cm³/mol. The van der Waals surface area contributed by atoms with Gasteiger partial charge in [0.15, 0.2) is 6.10 Å². The smallest absolute Gasteiger partial charge is 0.211 e.